The number of halogens is 2. The van der Waals surface area contributed by atoms with Gasteiger partial charge in [0, 0.05) is 28.8 Å². The Kier molecular flexibility index (Phi) is 4.94. The summed E-state index contributed by atoms with van der Waals surface area (Å²) < 4.78 is 13.8. The van der Waals surface area contributed by atoms with Crippen LogP contribution in [0.4, 0.5) is 10.1 Å². The van der Waals surface area contributed by atoms with E-state index in [0.717, 1.165) is 25.9 Å². The quantitative estimate of drug-likeness (QED) is 0.858. The highest BCUT2D eigenvalue weighted by atomic mass is 79.9. The maximum Gasteiger partial charge on any atom is 0.256 e. The van der Waals surface area contributed by atoms with Crippen molar-refractivity contribution in [2.75, 3.05) is 18.4 Å². The van der Waals surface area contributed by atoms with E-state index in [4.69, 9.17) is 0 Å². The van der Waals surface area contributed by atoms with E-state index >= 15 is 0 Å². The summed E-state index contributed by atoms with van der Waals surface area (Å²) in [5, 5.41) is 2.70. The van der Waals surface area contributed by atoms with Gasteiger partial charge in [0.05, 0.1) is 5.56 Å². The fraction of sp³-hybridized carbons (Fsp3) is 0.222. The molecule has 124 valence electrons. The average Bonchev–Trinajstić information content (AvgIpc) is 3.11. The van der Waals surface area contributed by atoms with E-state index in [1.54, 1.807) is 24.3 Å². The van der Waals surface area contributed by atoms with Crippen LogP contribution >= 0.6 is 15.9 Å². The first-order valence-electron chi connectivity index (χ1n) is 7.70. The van der Waals surface area contributed by atoms with Crippen LogP contribution in [0.5, 0.6) is 0 Å². The van der Waals surface area contributed by atoms with Gasteiger partial charge in [-0.15, -0.1) is 0 Å². The molecule has 0 unspecified atom stereocenters. The lowest BCUT2D eigenvalue weighted by atomic mass is 10.1. The van der Waals surface area contributed by atoms with Crippen LogP contribution in [-0.4, -0.2) is 29.8 Å². The minimum absolute atomic E-state index is 0.0123. The average molecular weight is 391 g/mol. The van der Waals surface area contributed by atoms with Crippen LogP contribution in [-0.2, 0) is 0 Å². The van der Waals surface area contributed by atoms with Crippen molar-refractivity contribution < 1.29 is 14.0 Å². The van der Waals surface area contributed by atoms with Gasteiger partial charge in [-0.05, 0) is 71.2 Å². The molecule has 1 aliphatic rings. The van der Waals surface area contributed by atoms with Gasteiger partial charge < -0.3 is 10.2 Å². The number of nitrogens with one attached hydrogen (secondary N) is 1. The number of hydrogen-bond acceptors (Lipinski definition) is 2. The van der Waals surface area contributed by atoms with Gasteiger partial charge in [-0.3, -0.25) is 9.59 Å². The van der Waals surface area contributed by atoms with Gasteiger partial charge in [0.25, 0.3) is 11.8 Å². The summed E-state index contributed by atoms with van der Waals surface area (Å²) in [6, 6.07) is 10.7. The molecular formula is C18H16BrFN2O2. The lowest BCUT2D eigenvalue weighted by molar-refractivity contribution is 0.0792. The Morgan fingerprint density at radius 1 is 1.04 bits per heavy atom. The molecule has 0 radical (unpaired) electrons. The van der Waals surface area contributed by atoms with Crippen molar-refractivity contribution in [1.29, 1.82) is 0 Å². The summed E-state index contributed by atoms with van der Waals surface area (Å²) in [5.41, 5.74) is 1.36. The Balaban J connectivity index is 1.70. The Morgan fingerprint density at radius 2 is 1.71 bits per heavy atom. The van der Waals surface area contributed by atoms with Gasteiger partial charge in [0.2, 0.25) is 0 Å². The predicted molar refractivity (Wildman–Crippen MR) is 93.6 cm³/mol. The number of nitrogens with zero attached hydrogens (tertiary/aromatic N) is 1. The summed E-state index contributed by atoms with van der Waals surface area (Å²) in [7, 11) is 0. The van der Waals surface area contributed by atoms with Crippen molar-refractivity contribution in [2.45, 2.75) is 12.8 Å². The van der Waals surface area contributed by atoms with Crippen molar-refractivity contribution in [2.24, 2.45) is 0 Å². The molecule has 24 heavy (non-hydrogen) atoms. The van der Waals surface area contributed by atoms with E-state index < -0.39 is 11.7 Å². The van der Waals surface area contributed by atoms with E-state index in [0.29, 0.717) is 15.7 Å². The smallest absolute Gasteiger partial charge is 0.256 e. The van der Waals surface area contributed by atoms with Crippen LogP contribution in [0.25, 0.3) is 0 Å². The molecule has 0 saturated carbocycles. The van der Waals surface area contributed by atoms with E-state index in [1.807, 2.05) is 4.90 Å². The van der Waals surface area contributed by atoms with Gasteiger partial charge in [-0.25, -0.2) is 4.39 Å². The molecule has 0 aromatic heterocycles. The Hall–Kier alpha value is -2.21. The third kappa shape index (κ3) is 3.64. The van der Waals surface area contributed by atoms with Crippen LogP contribution in [0.3, 0.4) is 0 Å². The minimum Gasteiger partial charge on any atom is -0.339 e. The van der Waals surface area contributed by atoms with Crippen molar-refractivity contribution >= 4 is 33.4 Å². The summed E-state index contributed by atoms with van der Waals surface area (Å²) in [5.74, 6) is -0.881. The Labute approximate surface area is 147 Å². The zero-order valence-corrected chi connectivity index (χ0v) is 14.5. The molecular weight excluding hydrogens is 375 g/mol. The monoisotopic (exact) mass is 390 g/mol. The molecule has 2 aromatic rings. The lowest BCUT2D eigenvalue weighted by Crippen LogP contribution is -2.27. The van der Waals surface area contributed by atoms with Gasteiger partial charge in [-0.2, -0.15) is 0 Å². The van der Waals surface area contributed by atoms with Gasteiger partial charge in [0.15, 0.2) is 0 Å². The fourth-order valence-corrected chi connectivity index (χ4v) is 3.10. The highest BCUT2D eigenvalue weighted by Crippen LogP contribution is 2.20. The third-order valence-electron chi connectivity index (χ3n) is 3.96. The van der Waals surface area contributed by atoms with Gasteiger partial charge >= 0.3 is 0 Å². The highest BCUT2D eigenvalue weighted by Gasteiger charge is 2.19. The number of likely N-dealkylation sites (tertiary alicyclic amines) is 1. The van der Waals surface area contributed by atoms with Crippen molar-refractivity contribution in [1.82, 2.24) is 4.90 Å². The van der Waals surface area contributed by atoms with Crippen molar-refractivity contribution in [3.8, 4) is 0 Å². The molecule has 0 aliphatic carbocycles. The SMILES string of the molecule is O=C(Nc1ccc(C(=O)N2CCCC2)cc1)c1cc(F)ccc1Br. The second-order valence-electron chi connectivity index (χ2n) is 5.65. The lowest BCUT2D eigenvalue weighted by Gasteiger charge is -2.15. The van der Waals surface area contributed by atoms with E-state index in [9.17, 15) is 14.0 Å². The fourth-order valence-electron chi connectivity index (χ4n) is 2.67. The molecule has 6 heteroatoms. The maximum absolute atomic E-state index is 13.3. The number of benzene rings is 2. The Bertz CT molecular complexity index is 771. The predicted octanol–water partition coefficient (Wildman–Crippen LogP) is 4.08. The molecule has 1 saturated heterocycles. The summed E-state index contributed by atoms with van der Waals surface area (Å²) >= 11 is 3.24. The molecule has 3 rings (SSSR count). The Morgan fingerprint density at radius 3 is 2.38 bits per heavy atom. The third-order valence-corrected chi connectivity index (χ3v) is 4.65. The molecule has 1 aliphatic heterocycles. The molecule has 0 bridgehead atoms. The molecule has 4 nitrogen and oxygen atoms in total. The number of rotatable bonds is 3. The maximum atomic E-state index is 13.3. The van der Waals surface area contributed by atoms with Crippen LogP contribution < -0.4 is 5.32 Å². The summed E-state index contributed by atoms with van der Waals surface area (Å²) in [6.07, 6.45) is 2.09. The molecule has 0 spiro atoms. The van der Waals surface area contributed by atoms with E-state index in [-0.39, 0.29) is 11.5 Å². The van der Waals surface area contributed by atoms with Gasteiger partial charge in [-0.1, -0.05) is 0 Å². The second kappa shape index (κ2) is 7.13. The van der Waals surface area contributed by atoms with Crippen LogP contribution in [0.15, 0.2) is 46.9 Å². The zero-order chi connectivity index (χ0) is 17.1. The topological polar surface area (TPSA) is 49.4 Å². The number of amides is 2. The van der Waals surface area contributed by atoms with Crippen molar-refractivity contribution in [3.05, 3.63) is 63.9 Å². The number of carbonyl (C=O) groups excluding carboxylic acids is 2. The first-order chi connectivity index (χ1) is 11.5. The number of anilines is 1. The molecule has 1 heterocycles. The molecule has 2 aromatic carbocycles. The van der Waals surface area contributed by atoms with E-state index in [2.05, 4.69) is 21.2 Å². The zero-order valence-electron chi connectivity index (χ0n) is 12.9. The van der Waals surface area contributed by atoms with Crippen LogP contribution in [0, 0.1) is 5.82 Å². The second-order valence-corrected chi connectivity index (χ2v) is 6.51. The van der Waals surface area contributed by atoms with Crippen LogP contribution in [0.2, 0.25) is 0 Å². The minimum atomic E-state index is -0.477. The van der Waals surface area contributed by atoms with E-state index in [1.165, 1.54) is 18.2 Å². The standard InChI is InChI=1S/C18H16BrFN2O2/c19-16-8-5-13(20)11-15(16)17(23)21-14-6-3-12(4-7-14)18(24)22-9-1-2-10-22/h3-8,11H,1-2,9-10H2,(H,21,23). The molecule has 0 atom stereocenters. The number of carbonyl (C=O) groups is 2. The molecule has 2 amide bonds. The number of hydrogen-bond donors (Lipinski definition) is 1. The molecule has 1 fully saturated rings. The van der Waals surface area contributed by atoms with Gasteiger partial charge in [0.1, 0.15) is 5.82 Å². The first-order valence-corrected chi connectivity index (χ1v) is 8.49. The summed E-state index contributed by atoms with van der Waals surface area (Å²) in [4.78, 5) is 26.3. The normalized spacial score (nSPS) is 13.8. The first kappa shape index (κ1) is 16.6. The van der Waals surface area contributed by atoms with Crippen molar-refractivity contribution in [3.63, 3.8) is 0 Å². The highest BCUT2D eigenvalue weighted by molar-refractivity contribution is 9.10. The molecule has 1 N–H and O–H groups in total. The summed E-state index contributed by atoms with van der Waals surface area (Å²) in [6.45, 7) is 1.59. The van der Waals surface area contributed by atoms with Crippen LogP contribution in [0.1, 0.15) is 33.6 Å². The largest absolute Gasteiger partial charge is 0.339 e.